The molecule has 0 saturated carbocycles. The third-order valence-corrected chi connectivity index (χ3v) is 4.69. The molecule has 0 radical (unpaired) electrons. The van der Waals surface area contributed by atoms with Crippen LogP contribution in [-0.4, -0.2) is 21.7 Å². The lowest BCUT2D eigenvalue weighted by Gasteiger charge is -2.30. The van der Waals surface area contributed by atoms with Gasteiger partial charge in [-0.05, 0) is 38.5 Å². The Bertz CT molecular complexity index is 741. The lowest BCUT2D eigenvalue weighted by atomic mass is 9.83. The van der Waals surface area contributed by atoms with Crippen molar-refractivity contribution in [1.29, 1.82) is 0 Å². The standard InChI is InChI=1S/C17H19ClFN3O/c1-17(2,14-4-3-11(18)9-15(14)19)16(23)21-12-6-8-22-13(10-12)5-7-20-22/h3-5,7,9,12H,6,8,10H2,1-2H3,(H,21,23). The van der Waals surface area contributed by atoms with E-state index in [2.05, 4.69) is 10.4 Å². The van der Waals surface area contributed by atoms with Crippen LogP contribution in [0.25, 0.3) is 0 Å². The average molecular weight is 336 g/mol. The normalized spacial score (nSPS) is 17.7. The highest BCUT2D eigenvalue weighted by molar-refractivity contribution is 6.30. The number of amides is 1. The van der Waals surface area contributed by atoms with Crippen molar-refractivity contribution < 1.29 is 9.18 Å². The third-order valence-electron chi connectivity index (χ3n) is 4.46. The van der Waals surface area contributed by atoms with Crippen LogP contribution in [0.5, 0.6) is 0 Å². The fourth-order valence-electron chi connectivity index (χ4n) is 2.98. The second kappa shape index (κ2) is 5.96. The largest absolute Gasteiger partial charge is 0.352 e. The smallest absolute Gasteiger partial charge is 0.230 e. The molecule has 122 valence electrons. The molecule has 0 spiro atoms. The first kappa shape index (κ1) is 16.0. The van der Waals surface area contributed by atoms with Crippen molar-refractivity contribution in [2.24, 2.45) is 0 Å². The van der Waals surface area contributed by atoms with Crippen LogP contribution in [0.3, 0.4) is 0 Å². The number of hydrogen-bond donors (Lipinski definition) is 1. The maximum Gasteiger partial charge on any atom is 0.230 e. The molecule has 1 aromatic carbocycles. The van der Waals surface area contributed by atoms with E-state index in [4.69, 9.17) is 11.6 Å². The molecule has 4 nitrogen and oxygen atoms in total. The van der Waals surface area contributed by atoms with E-state index in [0.29, 0.717) is 10.6 Å². The van der Waals surface area contributed by atoms with E-state index < -0.39 is 11.2 Å². The fraction of sp³-hybridized carbons (Fsp3) is 0.412. The zero-order valence-corrected chi connectivity index (χ0v) is 13.9. The van der Waals surface area contributed by atoms with Gasteiger partial charge in [0.05, 0.1) is 5.41 Å². The Morgan fingerprint density at radius 1 is 1.43 bits per heavy atom. The molecule has 0 fully saturated rings. The summed E-state index contributed by atoms with van der Waals surface area (Å²) in [5.41, 5.74) is 0.490. The summed E-state index contributed by atoms with van der Waals surface area (Å²) in [6.45, 7) is 4.23. The van der Waals surface area contributed by atoms with Gasteiger partial charge >= 0.3 is 0 Å². The number of rotatable bonds is 3. The van der Waals surface area contributed by atoms with Gasteiger partial charge in [0.15, 0.2) is 0 Å². The van der Waals surface area contributed by atoms with Crippen molar-refractivity contribution in [2.75, 3.05) is 0 Å². The number of hydrogen-bond acceptors (Lipinski definition) is 2. The fourth-order valence-corrected chi connectivity index (χ4v) is 3.13. The zero-order chi connectivity index (χ0) is 16.6. The Labute approximate surface area is 139 Å². The van der Waals surface area contributed by atoms with Crippen molar-refractivity contribution in [3.8, 4) is 0 Å². The minimum atomic E-state index is -0.966. The number of aryl methyl sites for hydroxylation is 1. The van der Waals surface area contributed by atoms with Crippen LogP contribution in [0.15, 0.2) is 30.5 Å². The molecule has 0 aliphatic carbocycles. The van der Waals surface area contributed by atoms with Crippen molar-refractivity contribution in [3.05, 3.63) is 52.6 Å². The number of carbonyl (C=O) groups is 1. The second-order valence-corrected chi connectivity index (χ2v) is 6.89. The molecule has 1 aliphatic rings. The lowest BCUT2D eigenvalue weighted by molar-refractivity contribution is -0.126. The van der Waals surface area contributed by atoms with E-state index in [1.165, 1.54) is 6.07 Å². The van der Waals surface area contributed by atoms with Gasteiger partial charge in [-0.25, -0.2) is 4.39 Å². The Morgan fingerprint density at radius 2 is 2.22 bits per heavy atom. The van der Waals surface area contributed by atoms with E-state index in [1.54, 1.807) is 32.2 Å². The van der Waals surface area contributed by atoms with Crippen LogP contribution in [0.2, 0.25) is 5.02 Å². The molecule has 1 aliphatic heterocycles. The molecule has 3 rings (SSSR count). The monoisotopic (exact) mass is 335 g/mol. The minimum absolute atomic E-state index is 0.0429. The lowest BCUT2D eigenvalue weighted by Crippen LogP contribution is -2.48. The summed E-state index contributed by atoms with van der Waals surface area (Å²) in [5.74, 6) is -0.643. The Kier molecular flexibility index (Phi) is 4.15. The molecule has 6 heteroatoms. The molecule has 0 saturated heterocycles. The van der Waals surface area contributed by atoms with Crippen molar-refractivity contribution in [3.63, 3.8) is 0 Å². The van der Waals surface area contributed by atoms with Gasteiger partial charge in [0, 0.05) is 41.5 Å². The second-order valence-electron chi connectivity index (χ2n) is 6.46. The van der Waals surface area contributed by atoms with Gasteiger partial charge < -0.3 is 5.32 Å². The Morgan fingerprint density at radius 3 is 2.96 bits per heavy atom. The van der Waals surface area contributed by atoms with Gasteiger partial charge in [-0.2, -0.15) is 5.10 Å². The highest BCUT2D eigenvalue weighted by Crippen LogP contribution is 2.28. The highest BCUT2D eigenvalue weighted by atomic mass is 35.5. The van der Waals surface area contributed by atoms with Crippen LogP contribution >= 0.6 is 11.6 Å². The molecule has 1 atom stereocenters. The molecule has 0 bridgehead atoms. The summed E-state index contributed by atoms with van der Waals surface area (Å²) in [7, 11) is 0. The summed E-state index contributed by atoms with van der Waals surface area (Å²) >= 11 is 5.79. The molecule has 1 unspecified atom stereocenters. The number of nitrogens with one attached hydrogen (secondary N) is 1. The van der Waals surface area contributed by atoms with E-state index in [1.807, 2.05) is 10.7 Å². The van der Waals surface area contributed by atoms with E-state index in [0.717, 1.165) is 25.1 Å². The highest BCUT2D eigenvalue weighted by Gasteiger charge is 2.34. The van der Waals surface area contributed by atoms with Gasteiger partial charge in [0.1, 0.15) is 5.82 Å². The summed E-state index contributed by atoms with van der Waals surface area (Å²) in [4.78, 5) is 12.7. The molecule has 1 aromatic heterocycles. The minimum Gasteiger partial charge on any atom is -0.352 e. The number of nitrogens with zero attached hydrogens (tertiary/aromatic N) is 2. The Hall–Kier alpha value is -1.88. The first-order chi connectivity index (χ1) is 10.9. The van der Waals surface area contributed by atoms with Gasteiger partial charge in [-0.15, -0.1) is 0 Å². The molecular formula is C17H19ClFN3O. The Balaban J connectivity index is 1.74. The number of carbonyl (C=O) groups excluding carboxylic acids is 1. The van der Waals surface area contributed by atoms with Gasteiger partial charge in [0.2, 0.25) is 5.91 Å². The summed E-state index contributed by atoms with van der Waals surface area (Å²) in [6, 6.07) is 6.43. The maximum absolute atomic E-state index is 14.2. The molecule has 2 heterocycles. The summed E-state index contributed by atoms with van der Waals surface area (Å²) in [6.07, 6.45) is 3.33. The zero-order valence-electron chi connectivity index (χ0n) is 13.1. The summed E-state index contributed by atoms with van der Waals surface area (Å²) in [5, 5.41) is 7.60. The SMILES string of the molecule is CC(C)(C(=O)NC1CCn2nccc2C1)c1ccc(Cl)cc1F. The first-order valence-corrected chi connectivity index (χ1v) is 8.03. The van der Waals surface area contributed by atoms with Crippen LogP contribution < -0.4 is 5.32 Å². The van der Waals surface area contributed by atoms with E-state index in [9.17, 15) is 9.18 Å². The van der Waals surface area contributed by atoms with Crippen molar-refractivity contribution >= 4 is 17.5 Å². The van der Waals surface area contributed by atoms with Crippen LogP contribution in [0, 0.1) is 5.82 Å². The van der Waals surface area contributed by atoms with E-state index in [-0.39, 0.29) is 11.9 Å². The molecule has 23 heavy (non-hydrogen) atoms. The maximum atomic E-state index is 14.2. The van der Waals surface area contributed by atoms with Crippen molar-refractivity contribution in [1.82, 2.24) is 15.1 Å². The van der Waals surface area contributed by atoms with Gasteiger partial charge in [-0.1, -0.05) is 17.7 Å². The number of fused-ring (bicyclic) bond motifs is 1. The van der Waals surface area contributed by atoms with Crippen LogP contribution in [0.1, 0.15) is 31.5 Å². The number of halogens is 2. The number of benzene rings is 1. The molecule has 2 aromatic rings. The predicted octanol–water partition coefficient (Wildman–Crippen LogP) is 3.08. The first-order valence-electron chi connectivity index (χ1n) is 7.65. The van der Waals surface area contributed by atoms with Crippen LogP contribution in [0.4, 0.5) is 4.39 Å². The molecular weight excluding hydrogens is 317 g/mol. The quantitative estimate of drug-likeness (QED) is 0.937. The number of aromatic nitrogens is 2. The topological polar surface area (TPSA) is 46.9 Å². The molecule has 1 N–H and O–H groups in total. The van der Waals surface area contributed by atoms with E-state index >= 15 is 0 Å². The predicted molar refractivity (Wildman–Crippen MR) is 86.9 cm³/mol. The van der Waals surface area contributed by atoms with Gasteiger partial charge in [0.25, 0.3) is 0 Å². The summed E-state index contributed by atoms with van der Waals surface area (Å²) < 4.78 is 16.1. The average Bonchev–Trinajstić information content (AvgIpc) is 2.94. The van der Waals surface area contributed by atoms with Crippen LogP contribution in [-0.2, 0) is 23.2 Å². The third kappa shape index (κ3) is 3.11. The van der Waals surface area contributed by atoms with Crippen molar-refractivity contribution in [2.45, 2.75) is 44.7 Å². The molecule has 1 amide bonds. The van der Waals surface area contributed by atoms with Gasteiger partial charge in [-0.3, -0.25) is 9.48 Å².